The molecule has 5 amide bonds. The second-order valence-electron chi connectivity index (χ2n) is 17.0. The van der Waals surface area contributed by atoms with E-state index in [1.165, 1.54) is 36.3 Å². The number of halogens is 1. The van der Waals surface area contributed by atoms with Gasteiger partial charge in [-0.05, 0) is 93.7 Å². The summed E-state index contributed by atoms with van der Waals surface area (Å²) in [4.78, 5) is 62.5. The highest BCUT2D eigenvalue weighted by Gasteiger charge is 2.53. The maximum atomic E-state index is 15.2. The van der Waals surface area contributed by atoms with Crippen molar-refractivity contribution in [3.63, 3.8) is 0 Å². The second-order valence-corrected chi connectivity index (χ2v) is 18.5. The molecule has 0 bridgehead atoms. The Bertz CT molecular complexity index is 2380. The van der Waals surface area contributed by atoms with Gasteiger partial charge in [-0.1, -0.05) is 13.0 Å². The lowest BCUT2D eigenvalue weighted by Gasteiger charge is -2.40. The molecule has 3 aromatic rings. The molecule has 2 unspecified atom stereocenters. The Labute approximate surface area is 381 Å². The lowest BCUT2D eigenvalue weighted by Crippen LogP contribution is -2.57. The van der Waals surface area contributed by atoms with Gasteiger partial charge in [-0.25, -0.2) is 27.8 Å². The number of imide groups is 1. The number of likely N-dealkylation sites (tertiary alicyclic amines) is 2. The van der Waals surface area contributed by atoms with Crippen molar-refractivity contribution < 1.29 is 41.7 Å². The zero-order valence-electron chi connectivity index (χ0n) is 36.4. The number of anilines is 2. The van der Waals surface area contributed by atoms with E-state index in [0.717, 1.165) is 38.0 Å². The fraction of sp³-hybridized carbons (Fsp3) is 0.467. The molecule has 338 valence electrons. The number of hydrogen-bond acceptors (Lipinski definition) is 14. The summed E-state index contributed by atoms with van der Waals surface area (Å²) >= 11 is 2.52. The van der Waals surface area contributed by atoms with Crippen LogP contribution in [-0.2, 0) is 14.3 Å². The summed E-state index contributed by atoms with van der Waals surface area (Å²) in [7, 11) is 3.71. The number of benzene rings is 3. The molecule has 64 heavy (non-hydrogen) atoms. The number of carbonyl (C=O) groups excluding carboxylic acids is 4. The largest absolute Gasteiger partial charge is 0.453 e. The first-order valence-electron chi connectivity index (χ1n) is 21.6. The first kappa shape index (κ1) is 45.3. The Morgan fingerprint density at radius 1 is 1.11 bits per heavy atom. The van der Waals surface area contributed by atoms with Crippen LogP contribution in [0.5, 0.6) is 17.2 Å². The minimum atomic E-state index is -0.705. The highest BCUT2D eigenvalue weighted by Crippen LogP contribution is 2.43. The molecule has 8 rings (SSSR count). The summed E-state index contributed by atoms with van der Waals surface area (Å²) in [5.41, 5.74) is 2.49. The number of amides is 5. The Kier molecular flexibility index (Phi) is 13.5. The van der Waals surface area contributed by atoms with Crippen LogP contribution in [0.4, 0.5) is 26.2 Å². The van der Waals surface area contributed by atoms with Crippen molar-refractivity contribution in [1.82, 2.24) is 19.4 Å². The number of ether oxygens (including phenoxy) is 2. The van der Waals surface area contributed by atoms with E-state index in [9.17, 15) is 24.4 Å². The smallest absolute Gasteiger partial charge is 0.354 e. The van der Waals surface area contributed by atoms with Crippen molar-refractivity contribution in [2.24, 2.45) is 4.99 Å². The Balaban J connectivity index is 0.844. The van der Waals surface area contributed by atoms with E-state index in [1.807, 2.05) is 54.7 Å². The second kappa shape index (κ2) is 19.1. The molecule has 3 aromatic carbocycles. The van der Waals surface area contributed by atoms with Gasteiger partial charge in [-0.15, -0.1) is 0 Å². The number of rotatable bonds is 13. The molecule has 0 aliphatic carbocycles. The predicted octanol–water partition coefficient (Wildman–Crippen LogP) is 6.81. The number of nitriles is 1. The van der Waals surface area contributed by atoms with Gasteiger partial charge in [0.15, 0.2) is 17.9 Å². The van der Waals surface area contributed by atoms with E-state index in [4.69, 9.17) is 13.7 Å². The maximum Gasteiger partial charge on any atom is 0.354 e. The highest BCUT2D eigenvalue weighted by atomic mass is 32.2. The minimum Gasteiger partial charge on any atom is -0.453 e. The van der Waals surface area contributed by atoms with E-state index in [-0.39, 0.29) is 57.6 Å². The van der Waals surface area contributed by atoms with Crippen molar-refractivity contribution in [3.8, 4) is 23.3 Å². The molecule has 5 aliphatic rings. The first-order chi connectivity index (χ1) is 30.8. The SMILES string of the molecule is CCN(C)SNc1ccc(F)c(Oc2ccc3c(c2)C(=O)[N+](C)(C2COC4(CCN(C(=O)CN5CCC(c6ccc(N7CCC(=O)NC7=O)cc6OSC)CC5)CC4)C2)C=N3)c1C#N. The topological polar surface area (TPSA) is 169 Å². The molecule has 4 fully saturated rings. The summed E-state index contributed by atoms with van der Waals surface area (Å²) in [5.74, 6) is -0.178. The van der Waals surface area contributed by atoms with Crippen molar-refractivity contribution in [1.29, 1.82) is 5.26 Å². The molecule has 0 aromatic heterocycles. The van der Waals surface area contributed by atoms with Gasteiger partial charge in [0.05, 0.1) is 42.6 Å². The monoisotopic (exact) mass is 914 g/mol. The van der Waals surface area contributed by atoms with E-state index < -0.39 is 17.4 Å². The molecule has 4 saturated heterocycles. The molecule has 0 saturated carbocycles. The van der Waals surface area contributed by atoms with Crippen LogP contribution < -0.4 is 23.9 Å². The predicted molar refractivity (Wildman–Crippen MR) is 243 cm³/mol. The van der Waals surface area contributed by atoms with Gasteiger partial charge in [0.1, 0.15) is 41.3 Å². The Morgan fingerprint density at radius 2 is 1.89 bits per heavy atom. The van der Waals surface area contributed by atoms with Gasteiger partial charge in [0.2, 0.25) is 11.8 Å². The average molecular weight is 915 g/mol. The van der Waals surface area contributed by atoms with Crippen LogP contribution in [-0.4, -0.2) is 133 Å². The molecule has 5 aliphatic heterocycles. The van der Waals surface area contributed by atoms with Crippen LogP contribution >= 0.6 is 24.2 Å². The normalized spacial score (nSPS) is 22.4. The summed E-state index contributed by atoms with van der Waals surface area (Å²) < 4.78 is 38.5. The van der Waals surface area contributed by atoms with E-state index in [1.54, 1.807) is 29.4 Å². The number of nitrogens with zero attached hydrogens (tertiary/aromatic N) is 7. The lowest BCUT2D eigenvalue weighted by atomic mass is 9.86. The van der Waals surface area contributed by atoms with Gasteiger partial charge < -0.3 is 23.3 Å². The molecular weight excluding hydrogens is 862 g/mol. The van der Waals surface area contributed by atoms with Crippen LogP contribution in [0.15, 0.2) is 53.5 Å². The molecule has 5 heterocycles. The summed E-state index contributed by atoms with van der Waals surface area (Å²) in [6.07, 6.45) is 7.42. The quantitative estimate of drug-likeness (QED) is 0.104. The van der Waals surface area contributed by atoms with Gasteiger partial charge >= 0.3 is 11.9 Å². The Hall–Kier alpha value is -5.23. The van der Waals surface area contributed by atoms with Crippen LogP contribution in [0.25, 0.3) is 0 Å². The van der Waals surface area contributed by atoms with Crippen molar-refractivity contribution in [2.75, 3.05) is 82.4 Å². The summed E-state index contributed by atoms with van der Waals surface area (Å²) in [5, 5.41) is 12.4. The number of likely N-dealkylation sites (N-methyl/N-ethyl adjacent to an activating group) is 1. The third-order valence-corrected chi connectivity index (χ3v) is 14.4. The van der Waals surface area contributed by atoms with E-state index in [0.29, 0.717) is 80.4 Å². The van der Waals surface area contributed by atoms with E-state index in [2.05, 4.69) is 26.0 Å². The fourth-order valence-electron chi connectivity index (χ4n) is 9.15. The number of fused-ring (bicyclic) bond motifs is 1. The number of urea groups is 1. The number of piperidine rings is 2. The zero-order chi connectivity index (χ0) is 45.2. The summed E-state index contributed by atoms with van der Waals surface area (Å²) in [6.45, 7) is 6.39. The Morgan fingerprint density at radius 3 is 2.61 bits per heavy atom. The lowest BCUT2D eigenvalue weighted by molar-refractivity contribution is -0.756. The molecule has 2 atom stereocenters. The van der Waals surface area contributed by atoms with E-state index >= 15 is 4.39 Å². The van der Waals surface area contributed by atoms with Gasteiger partial charge in [-0.2, -0.15) is 5.26 Å². The van der Waals surface area contributed by atoms with Gasteiger partial charge in [-0.3, -0.25) is 24.7 Å². The molecule has 2 N–H and O–H groups in total. The molecular formula is C45H53FN9O7S2+. The summed E-state index contributed by atoms with van der Waals surface area (Å²) in [6, 6.07) is 14.7. The molecule has 0 radical (unpaired) electrons. The third-order valence-electron chi connectivity index (χ3n) is 13.2. The number of hydrogen-bond donors (Lipinski definition) is 2. The number of quaternary nitrogens is 1. The van der Waals surface area contributed by atoms with Gasteiger partial charge in [0.25, 0.3) is 0 Å². The fourth-order valence-corrected chi connectivity index (χ4v) is 10.0. The first-order valence-corrected chi connectivity index (χ1v) is 23.5. The zero-order valence-corrected chi connectivity index (χ0v) is 38.1. The van der Waals surface area contributed by atoms with Gasteiger partial charge in [0, 0.05) is 69.2 Å². The van der Waals surface area contributed by atoms with Crippen LogP contribution in [0.3, 0.4) is 0 Å². The molecule has 16 nitrogen and oxygen atoms in total. The van der Waals surface area contributed by atoms with Crippen LogP contribution in [0.2, 0.25) is 0 Å². The minimum absolute atomic E-state index is 0.00463. The average Bonchev–Trinajstić information content (AvgIpc) is 3.72. The molecule has 19 heteroatoms. The van der Waals surface area contributed by atoms with Crippen LogP contribution in [0.1, 0.15) is 72.9 Å². The number of nitrogens with one attached hydrogen (secondary N) is 2. The van der Waals surface area contributed by atoms with Crippen molar-refractivity contribution >= 4 is 71.3 Å². The van der Waals surface area contributed by atoms with Crippen LogP contribution in [0, 0.1) is 17.1 Å². The molecule has 1 spiro atoms. The highest BCUT2D eigenvalue weighted by molar-refractivity contribution is 7.98. The maximum absolute atomic E-state index is 15.2. The number of aliphatic imine (C=N–C) groups is 1. The van der Waals surface area contributed by atoms with Crippen molar-refractivity contribution in [2.45, 2.75) is 63.0 Å². The number of carbonyl (C=O) groups is 4. The van der Waals surface area contributed by atoms with Crippen molar-refractivity contribution in [3.05, 3.63) is 71.0 Å². The third kappa shape index (κ3) is 9.30. The standard InChI is InChI=1S/C45H52FN9O7S2/c1-5-51(2)64-50-38-11-9-36(46)42(35(38)25-47)61-32-7-10-37-34(23-32)43(58)55(3,28-48-37)31-24-45(60-27-31)15-20-53(21-16-45)41(57)26-52-17-12-29(13-18-52)33-8-6-30(22-39(33)62-63-4)54-19-14-40(56)49-44(54)59/h6-11,22-23,28-29,31,50H,5,12-21,24,26-27H2,1-4H3/p+1.